The van der Waals surface area contributed by atoms with E-state index in [4.69, 9.17) is 9.47 Å². The van der Waals surface area contributed by atoms with Gasteiger partial charge in [-0.3, -0.25) is 0 Å². The topological polar surface area (TPSA) is 97.0 Å². The summed E-state index contributed by atoms with van der Waals surface area (Å²) in [5, 5.41) is 12.7. The van der Waals surface area contributed by atoms with Gasteiger partial charge >= 0.3 is 5.97 Å². The van der Waals surface area contributed by atoms with Gasteiger partial charge in [-0.15, -0.1) is 0 Å². The molecule has 3 aromatic rings. The van der Waals surface area contributed by atoms with Crippen LogP contribution in [0.4, 0.5) is 0 Å². The first-order chi connectivity index (χ1) is 19.1. The SMILES string of the molecule is C=C(/C=C\CNCc1ccc(Oc2ccccc2)cc1)N(CC)CCCCOc1ccccc1C(=O)O.CN. The molecule has 3 rings (SSSR count). The van der Waals surface area contributed by atoms with Crippen molar-refractivity contribution >= 4 is 5.97 Å². The second-order valence-electron chi connectivity index (χ2n) is 8.52. The lowest BCUT2D eigenvalue weighted by atomic mass is 10.2. The summed E-state index contributed by atoms with van der Waals surface area (Å²) in [5.74, 6) is 1.09. The van der Waals surface area contributed by atoms with Gasteiger partial charge in [-0.25, -0.2) is 4.79 Å². The van der Waals surface area contributed by atoms with Crippen LogP contribution in [0.5, 0.6) is 17.2 Å². The molecule has 4 N–H and O–H groups in total. The molecule has 208 valence electrons. The number of aromatic carboxylic acids is 1. The smallest absolute Gasteiger partial charge is 0.339 e. The zero-order valence-corrected chi connectivity index (χ0v) is 23.0. The van der Waals surface area contributed by atoms with Crippen LogP contribution in [-0.4, -0.2) is 49.3 Å². The van der Waals surface area contributed by atoms with Crippen molar-refractivity contribution in [1.29, 1.82) is 0 Å². The Morgan fingerprint density at radius 1 is 0.974 bits per heavy atom. The van der Waals surface area contributed by atoms with Gasteiger partial charge in [0.05, 0.1) is 6.61 Å². The van der Waals surface area contributed by atoms with Crippen LogP contribution in [0.15, 0.2) is 103 Å². The zero-order valence-electron chi connectivity index (χ0n) is 23.0. The van der Waals surface area contributed by atoms with Crippen LogP contribution in [0.3, 0.4) is 0 Å². The van der Waals surface area contributed by atoms with Crippen LogP contribution in [0, 0.1) is 0 Å². The highest BCUT2D eigenvalue weighted by Gasteiger charge is 2.10. The number of allylic oxidation sites excluding steroid dienone is 1. The molecule has 0 radical (unpaired) electrons. The molecule has 39 heavy (non-hydrogen) atoms. The summed E-state index contributed by atoms with van der Waals surface area (Å²) >= 11 is 0. The summed E-state index contributed by atoms with van der Waals surface area (Å²) in [5.41, 5.74) is 6.86. The summed E-state index contributed by atoms with van der Waals surface area (Å²) in [6.07, 6.45) is 5.90. The molecular weight excluding hydrogens is 490 g/mol. The maximum Gasteiger partial charge on any atom is 0.339 e. The highest BCUT2D eigenvalue weighted by atomic mass is 16.5. The highest BCUT2D eigenvalue weighted by molar-refractivity contribution is 5.90. The average molecular weight is 532 g/mol. The molecule has 0 heterocycles. The summed E-state index contributed by atoms with van der Waals surface area (Å²) in [6.45, 7) is 10.1. The van der Waals surface area contributed by atoms with Gasteiger partial charge < -0.3 is 30.5 Å². The number of rotatable bonds is 16. The van der Waals surface area contributed by atoms with Crippen molar-refractivity contribution < 1.29 is 19.4 Å². The molecule has 0 atom stereocenters. The molecule has 3 aromatic carbocycles. The third-order valence-corrected chi connectivity index (χ3v) is 5.79. The standard InChI is InChI=1S/C31H36N2O4.CH5N/c1-3-33(22-9-10-23-36-30-16-8-7-15-29(30)31(34)35)25(2)12-11-21-32-24-26-17-19-28(20-18-26)37-27-13-5-4-6-14-27;1-2/h4-8,11-20,32H,2-3,9-10,21-24H2,1H3,(H,34,35);2H2,1H3/b12-11-;. The Hall–Kier alpha value is -4.07. The van der Waals surface area contributed by atoms with Gasteiger partial charge in [0.15, 0.2) is 0 Å². The molecule has 7 nitrogen and oxygen atoms in total. The van der Waals surface area contributed by atoms with Crippen molar-refractivity contribution in [3.63, 3.8) is 0 Å². The van der Waals surface area contributed by atoms with Crippen molar-refractivity contribution in [2.75, 3.05) is 33.3 Å². The predicted octanol–water partition coefficient (Wildman–Crippen LogP) is 6.09. The fourth-order valence-corrected chi connectivity index (χ4v) is 3.76. The number of unbranched alkanes of at least 4 members (excludes halogenated alkanes) is 1. The van der Waals surface area contributed by atoms with E-state index in [-0.39, 0.29) is 5.56 Å². The van der Waals surface area contributed by atoms with Gasteiger partial charge in [0.2, 0.25) is 0 Å². The first-order valence-corrected chi connectivity index (χ1v) is 13.2. The number of nitrogens with two attached hydrogens (primary N) is 1. The number of benzene rings is 3. The second-order valence-corrected chi connectivity index (χ2v) is 8.52. The summed E-state index contributed by atoms with van der Waals surface area (Å²) in [7, 11) is 1.50. The van der Waals surface area contributed by atoms with E-state index < -0.39 is 5.97 Å². The molecule has 0 saturated carbocycles. The predicted molar refractivity (Wildman–Crippen MR) is 158 cm³/mol. The monoisotopic (exact) mass is 531 g/mol. The Balaban J connectivity index is 0.00000260. The van der Waals surface area contributed by atoms with E-state index in [2.05, 4.69) is 47.7 Å². The van der Waals surface area contributed by atoms with Gasteiger partial charge in [-0.1, -0.05) is 55.1 Å². The van der Waals surface area contributed by atoms with E-state index in [0.717, 1.165) is 56.2 Å². The largest absolute Gasteiger partial charge is 0.493 e. The van der Waals surface area contributed by atoms with Gasteiger partial charge in [0, 0.05) is 31.9 Å². The van der Waals surface area contributed by atoms with Crippen LogP contribution in [0.2, 0.25) is 0 Å². The minimum atomic E-state index is -0.975. The van der Waals surface area contributed by atoms with E-state index in [0.29, 0.717) is 12.4 Å². The van der Waals surface area contributed by atoms with Crippen LogP contribution in [-0.2, 0) is 6.54 Å². The highest BCUT2D eigenvalue weighted by Crippen LogP contribution is 2.21. The molecule has 0 spiro atoms. The number of carboxylic acids is 1. The molecule has 0 fully saturated rings. The summed E-state index contributed by atoms with van der Waals surface area (Å²) in [4.78, 5) is 13.5. The van der Waals surface area contributed by atoms with E-state index in [1.807, 2.05) is 48.5 Å². The third-order valence-electron chi connectivity index (χ3n) is 5.79. The van der Waals surface area contributed by atoms with Gasteiger partial charge in [0.25, 0.3) is 0 Å². The van der Waals surface area contributed by atoms with Crippen molar-refractivity contribution in [2.24, 2.45) is 5.73 Å². The minimum Gasteiger partial charge on any atom is -0.493 e. The number of hydrogen-bond acceptors (Lipinski definition) is 6. The fourth-order valence-electron chi connectivity index (χ4n) is 3.76. The maximum absolute atomic E-state index is 11.3. The molecular formula is C32H41N3O4. The van der Waals surface area contributed by atoms with Crippen LogP contribution >= 0.6 is 0 Å². The van der Waals surface area contributed by atoms with Crippen molar-refractivity contribution in [2.45, 2.75) is 26.3 Å². The van der Waals surface area contributed by atoms with Gasteiger partial charge in [-0.05, 0) is 74.9 Å². The van der Waals surface area contributed by atoms with Crippen LogP contribution < -0.4 is 20.5 Å². The molecule has 0 unspecified atom stereocenters. The Morgan fingerprint density at radius 3 is 2.33 bits per heavy atom. The third kappa shape index (κ3) is 11.5. The van der Waals surface area contributed by atoms with E-state index >= 15 is 0 Å². The number of nitrogens with one attached hydrogen (secondary N) is 1. The van der Waals surface area contributed by atoms with Crippen LogP contribution in [0.25, 0.3) is 0 Å². The number of ether oxygens (including phenoxy) is 2. The van der Waals surface area contributed by atoms with Gasteiger partial charge in [-0.2, -0.15) is 0 Å². The molecule has 0 amide bonds. The number of carboxylic acid groups (broad SMARTS) is 1. The Labute approximate surface area is 232 Å². The lowest BCUT2D eigenvalue weighted by Crippen LogP contribution is -2.23. The molecule has 7 heteroatoms. The number of para-hydroxylation sites is 2. The van der Waals surface area contributed by atoms with E-state index in [1.54, 1.807) is 24.3 Å². The molecule has 0 aliphatic carbocycles. The molecule has 0 aromatic heterocycles. The fraction of sp³-hybridized carbons (Fsp3) is 0.281. The van der Waals surface area contributed by atoms with Crippen molar-refractivity contribution in [1.82, 2.24) is 10.2 Å². The molecule has 0 saturated heterocycles. The molecule has 0 aliphatic rings. The van der Waals surface area contributed by atoms with E-state index in [1.165, 1.54) is 12.6 Å². The number of likely N-dealkylation sites (N-methyl/N-ethyl adjacent to an activating group) is 1. The molecule has 0 bridgehead atoms. The second kappa shape index (κ2) is 18.2. The first kappa shape index (κ1) is 31.1. The average Bonchev–Trinajstić information content (AvgIpc) is 2.97. The summed E-state index contributed by atoms with van der Waals surface area (Å²) < 4.78 is 11.5. The number of carbonyl (C=O) groups is 1. The Morgan fingerprint density at radius 2 is 1.64 bits per heavy atom. The van der Waals surface area contributed by atoms with Crippen molar-refractivity contribution in [3.8, 4) is 17.2 Å². The first-order valence-electron chi connectivity index (χ1n) is 13.2. The van der Waals surface area contributed by atoms with Crippen LogP contribution in [0.1, 0.15) is 35.7 Å². The van der Waals surface area contributed by atoms with Crippen molar-refractivity contribution in [3.05, 3.63) is 114 Å². The number of nitrogens with zero attached hydrogens (tertiary/aromatic N) is 1. The van der Waals surface area contributed by atoms with E-state index in [9.17, 15) is 9.90 Å². The normalized spacial score (nSPS) is 10.4. The maximum atomic E-state index is 11.3. The lowest BCUT2D eigenvalue weighted by molar-refractivity contribution is 0.0692. The Kier molecular flexibility index (Phi) is 14.6. The lowest BCUT2D eigenvalue weighted by Gasteiger charge is -2.23. The Bertz CT molecular complexity index is 1150. The minimum absolute atomic E-state index is 0.193. The number of hydrogen-bond donors (Lipinski definition) is 3. The summed E-state index contributed by atoms with van der Waals surface area (Å²) in [6, 6.07) is 24.6. The quantitative estimate of drug-likeness (QED) is 0.152. The molecule has 0 aliphatic heterocycles. The van der Waals surface area contributed by atoms with Gasteiger partial charge in [0.1, 0.15) is 22.8 Å². The zero-order chi connectivity index (χ0) is 28.3.